The van der Waals surface area contributed by atoms with Crippen molar-refractivity contribution >= 4 is 29.5 Å². The third-order valence-electron chi connectivity index (χ3n) is 3.84. The summed E-state index contributed by atoms with van der Waals surface area (Å²) in [5.41, 5.74) is 3.96. The topological polar surface area (TPSA) is 52.3 Å². The van der Waals surface area contributed by atoms with Crippen LogP contribution in [0.3, 0.4) is 0 Å². The molecule has 0 saturated heterocycles. The van der Waals surface area contributed by atoms with Gasteiger partial charge in [-0.2, -0.15) is 5.26 Å². The van der Waals surface area contributed by atoms with Gasteiger partial charge in [0.05, 0.1) is 17.7 Å². The third kappa shape index (κ3) is 3.17. The van der Waals surface area contributed by atoms with Crippen LogP contribution in [-0.2, 0) is 0 Å². The van der Waals surface area contributed by atoms with Crippen LogP contribution in [0, 0.1) is 18.3 Å². The van der Waals surface area contributed by atoms with Crippen molar-refractivity contribution in [3.63, 3.8) is 0 Å². The summed E-state index contributed by atoms with van der Waals surface area (Å²) in [6, 6.07) is 2.24. The summed E-state index contributed by atoms with van der Waals surface area (Å²) < 4.78 is 0. The van der Waals surface area contributed by atoms with Crippen LogP contribution in [0.15, 0.2) is 16.6 Å². The maximum atomic E-state index is 9.43. The van der Waals surface area contributed by atoms with E-state index in [0.29, 0.717) is 11.3 Å². The van der Waals surface area contributed by atoms with Gasteiger partial charge in [-0.25, -0.2) is 9.98 Å². The smallest absolute Gasteiger partial charge is 0.116 e. The number of hydrogen-bond acceptors (Lipinski definition) is 5. The molecule has 2 heterocycles. The summed E-state index contributed by atoms with van der Waals surface area (Å²) >= 11 is 1.48. The summed E-state index contributed by atoms with van der Waals surface area (Å²) in [6.07, 6.45) is 8.55. The number of thioether (sulfide) groups is 1. The number of hydrogen-bond donors (Lipinski definition) is 0. The molecular weight excluding hydrogens is 292 g/mol. The molecular formula is C17H22N4S. The first-order valence-electron chi connectivity index (χ1n) is 7.62. The molecule has 5 heteroatoms. The largest absolute Gasteiger partial charge is 0.332 e. The molecule has 4 nitrogen and oxygen atoms in total. The van der Waals surface area contributed by atoms with Gasteiger partial charge < -0.3 is 4.90 Å². The highest BCUT2D eigenvalue weighted by molar-refractivity contribution is 7.98. The molecule has 116 valence electrons. The lowest BCUT2D eigenvalue weighted by Gasteiger charge is -2.28. The lowest BCUT2D eigenvalue weighted by molar-refractivity contribution is 0.532. The summed E-state index contributed by atoms with van der Waals surface area (Å²) in [7, 11) is 0. The third-order valence-corrected chi connectivity index (χ3v) is 4.52. The molecule has 1 aliphatic rings. The molecule has 0 fully saturated rings. The molecule has 1 aliphatic heterocycles. The van der Waals surface area contributed by atoms with E-state index in [0.717, 1.165) is 34.9 Å². The fraction of sp³-hybridized carbons (Fsp3) is 0.471. The van der Waals surface area contributed by atoms with Crippen molar-refractivity contribution in [1.29, 1.82) is 5.26 Å². The van der Waals surface area contributed by atoms with E-state index in [4.69, 9.17) is 0 Å². The fourth-order valence-corrected chi connectivity index (χ4v) is 3.20. The minimum atomic E-state index is 0.552. The highest BCUT2D eigenvalue weighted by Crippen LogP contribution is 2.39. The van der Waals surface area contributed by atoms with Gasteiger partial charge in [-0.3, -0.25) is 0 Å². The molecule has 0 spiro atoms. The number of nitrogens with zero attached hydrogens (tertiary/aromatic N) is 4. The Morgan fingerprint density at radius 1 is 1.36 bits per heavy atom. The quantitative estimate of drug-likeness (QED) is 0.572. The van der Waals surface area contributed by atoms with Crippen molar-refractivity contribution in [2.75, 3.05) is 12.8 Å². The highest BCUT2D eigenvalue weighted by atomic mass is 32.2. The average molecular weight is 314 g/mol. The van der Waals surface area contributed by atoms with Gasteiger partial charge in [0.2, 0.25) is 0 Å². The lowest BCUT2D eigenvalue weighted by Crippen LogP contribution is -2.24. The Morgan fingerprint density at radius 2 is 2.14 bits per heavy atom. The second-order valence-corrected chi connectivity index (χ2v) is 6.16. The number of aliphatic imine (C=N–C) groups is 1. The predicted molar refractivity (Wildman–Crippen MR) is 93.5 cm³/mol. The monoisotopic (exact) mass is 314 g/mol. The van der Waals surface area contributed by atoms with Crippen molar-refractivity contribution in [1.82, 2.24) is 9.88 Å². The average Bonchev–Trinajstić information content (AvgIpc) is 2.52. The summed E-state index contributed by atoms with van der Waals surface area (Å²) in [5, 5.41) is 10.2. The normalized spacial score (nSPS) is 13.2. The van der Waals surface area contributed by atoms with E-state index in [1.165, 1.54) is 31.0 Å². The van der Waals surface area contributed by atoms with E-state index in [-0.39, 0.29) is 0 Å². The van der Waals surface area contributed by atoms with Gasteiger partial charge in [0, 0.05) is 17.8 Å². The van der Waals surface area contributed by atoms with Gasteiger partial charge >= 0.3 is 0 Å². The first-order valence-corrected chi connectivity index (χ1v) is 8.85. The molecule has 0 aliphatic carbocycles. The number of nitriles is 1. The Bertz CT molecular complexity index is 643. The first-order chi connectivity index (χ1) is 10.6. The van der Waals surface area contributed by atoms with E-state index < -0.39 is 0 Å². The number of rotatable bonds is 6. The maximum Gasteiger partial charge on any atom is 0.116 e. The number of aryl methyl sites for hydroxylation is 1. The molecule has 0 bridgehead atoms. The Kier molecular flexibility index (Phi) is 5.62. The second kappa shape index (κ2) is 7.46. The molecule has 0 radical (unpaired) electrons. The molecule has 2 rings (SSSR count). The van der Waals surface area contributed by atoms with Gasteiger partial charge in [0.1, 0.15) is 16.7 Å². The number of pyridine rings is 1. The van der Waals surface area contributed by atoms with Crippen LogP contribution in [0.1, 0.15) is 49.4 Å². The van der Waals surface area contributed by atoms with Crippen LogP contribution in [0.2, 0.25) is 0 Å². The number of aromatic nitrogens is 1. The van der Waals surface area contributed by atoms with Crippen molar-refractivity contribution in [3.05, 3.63) is 23.4 Å². The number of fused-ring (bicyclic) bond motifs is 1. The summed E-state index contributed by atoms with van der Waals surface area (Å²) in [6.45, 7) is 9.28. The van der Waals surface area contributed by atoms with Crippen LogP contribution >= 0.6 is 11.8 Å². The summed E-state index contributed by atoms with van der Waals surface area (Å²) in [4.78, 5) is 11.2. The molecule has 22 heavy (non-hydrogen) atoms. The zero-order chi connectivity index (χ0) is 16.1. The van der Waals surface area contributed by atoms with Crippen LogP contribution < -0.4 is 0 Å². The van der Waals surface area contributed by atoms with E-state index in [9.17, 15) is 5.26 Å². The molecule has 0 saturated carbocycles. The van der Waals surface area contributed by atoms with Gasteiger partial charge in [-0.1, -0.05) is 32.8 Å². The Balaban J connectivity index is 2.30. The van der Waals surface area contributed by atoms with Crippen molar-refractivity contribution in [2.24, 2.45) is 4.99 Å². The second-order valence-electron chi connectivity index (χ2n) is 5.36. The molecule has 0 aromatic carbocycles. The minimum Gasteiger partial charge on any atom is -0.332 e. The molecule has 0 unspecified atom stereocenters. The number of unbranched alkanes of at least 4 members (excludes halogenated alkanes) is 3. The van der Waals surface area contributed by atoms with Crippen LogP contribution in [0.5, 0.6) is 0 Å². The maximum absolute atomic E-state index is 9.43. The molecule has 0 amide bonds. The predicted octanol–water partition coefficient (Wildman–Crippen LogP) is 4.51. The van der Waals surface area contributed by atoms with E-state index in [1.54, 1.807) is 6.34 Å². The van der Waals surface area contributed by atoms with Crippen molar-refractivity contribution < 1.29 is 0 Å². The molecule has 0 N–H and O–H groups in total. The molecule has 0 atom stereocenters. The fourth-order valence-electron chi connectivity index (χ4n) is 2.63. The van der Waals surface area contributed by atoms with E-state index >= 15 is 0 Å². The van der Waals surface area contributed by atoms with Gasteiger partial charge in [0.25, 0.3) is 0 Å². The van der Waals surface area contributed by atoms with Gasteiger partial charge in [0.15, 0.2) is 0 Å². The Morgan fingerprint density at radius 3 is 2.77 bits per heavy atom. The van der Waals surface area contributed by atoms with Crippen LogP contribution in [0.4, 0.5) is 5.69 Å². The molecule has 1 aromatic heterocycles. The van der Waals surface area contributed by atoms with E-state index in [1.807, 2.05) is 13.2 Å². The van der Waals surface area contributed by atoms with Crippen molar-refractivity contribution in [2.45, 2.75) is 44.6 Å². The van der Waals surface area contributed by atoms with Gasteiger partial charge in [-0.15, -0.1) is 11.8 Å². The zero-order valence-corrected chi connectivity index (χ0v) is 14.3. The van der Waals surface area contributed by atoms with Crippen molar-refractivity contribution in [3.8, 4) is 6.07 Å². The zero-order valence-electron chi connectivity index (χ0n) is 13.5. The SMILES string of the molecule is C=C1c2c(C)nc(SC)c(C#N)c2N=CN1CCCCCC. The van der Waals surface area contributed by atoms with Crippen LogP contribution in [0.25, 0.3) is 5.70 Å². The molecule has 1 aromatic rings. The van der Waals surface area contributed by atoms with E-state index in [2.05, 4.69) is 34.4 Å². The standard InChI is InChI=1S/C17H22N4S/c1-5-6-7-8-9-21-11-19-16-14(10-18)17(22-4)20-12(2)15(16)13(21)3/h11H,3,5-9H2,1-2,4H3. The van der Waals surface area contributed by atoms with Crippen LogP contribution in [-0.4, -0.2) is 29.0 Å². The summed E-state index contributed by atoms with van der Waals surface area (Å²) in [5.74, 6) is 0. The Labute approximate surface area is 137 Å². The first kappa shape index (κ1) is 16.6. The minimum absolute atomic E-state index is 0.552. The lowest BCUT2D eigenvalue weighted by atomic mass is 10.0. The Hall–Kier alpha value is -1.80. The van der Waals surface area contributed by atoms with Gasteiger partial charge in [-0.05, 0) is 19.6 Å². The highest BCUT2D eigenvalue weighted by Gasteiger charge is 2.24.